The minimum absolute atomic E-state index is 0.0148. The number of aromatic nitrogens is 2. The van der Waals surface area contributed by atoms with Crippen molar-refractivity contribution in [1.29, 1.82) is 0 Å². The minimum atomic E-state index is -4.82. The second kappa shape index (κ2) is 10.0. The fraction of sp³-hybridized carbons (Fsp3) is 0.524. The fourth-order valence-corrected chi connectivity index (χ4v) is 3.84. The second-order valence-electron chi connectivity index (χ2n) is 7.81. The summed E-state index contributed by atoms with van der Waals surface area (Å²) in [7, 11) is 0. The molecule has 0 saturated heterocycles. The number of amides is 2. The Morgan fingerprint density at radius 1 is 1.19 bits per heavy atom. The molecule has 1 saturated carbocycles. The number of carbonyl (C=O) groups excluding carboxylic acids is 2. The van der Waals surface area contributed by atoms with Crippen LogP contribution in [0.25, 0.3) is 0 Å². The van der Waals surface area contributed by atoms with Crippen molar-refractivity contribution in [3.63, 3.8) is 0 Å². The first-order valence-corrected chi connectivity index (χ1v) is 10.4. The standard InChI is InChI=1S/C21H25F3N4O4/c1-14(29)27-20(11-4-2-3-5-12-20)19-26-18(32-28-19)10-9-17(30)25-15-7-6-8-16(13-15)31-21(22,23)24/h6-8,13H,2-5,9-12H2,1H3,(H,25,30)(H,27,29). The highest BCUT2D eigenvalue weighted by molar-refractivity contribution is 5.90. The van der Waals surface area contributed by atoms with E-state index in [0.717, 1.165) is 37.8 Å². The van der Waals surface area contributed by atoms with Gasteiger partial charge in [0, 0.05) is 31.5 Å². The quantitative estimate of drug-likeness (QED) is 0.607. The molecule has 8 nitrogen and oxygen atoms in total. The smallest absolute Gasteiger partial charge is 0.406 e. The SMILES string of the molecule is CC(=O)NC1(c2noc(CCC(=O)Nc3cccc(OC(F)(F)F)c3)n2)CCCCCC1. The van der Waals surface area contributed by atoms with E-state index in [1.165, 1.54) is 19.1 Å². The minimum Gasteiger partial charge on any atom is -0.406 e. The van der Waals surface area contributed by atoms with Gasteiger partial charge in [0.2, 0.25) is 17.7 Å². The molecule has 2 amide bonds. The molecule has 1 aliphatic rings. The topological polar surface area (TPSA) is 106 Å². The molecule has 32 heavy (non-hydrogen) atoms. The molecule has 2 aromatic rings. The number of benzene rings is 1. The molecule has 0 unspecified atom stereocenters. The summed E-state index contributed by atoms with van der Waals surface area (Å²) in [6, 6.07) is 5.02. The van der Waals surface area contributed by atoms with Gasteiger partial charge in [-0.15, -0.1) is 13.2 Å². The first-order chi connectivity index (χ1) is 15.2. The molecule has 1 fully saturated rings. The molecule has 0 spiro atoms. The number of alkyl halides is 3. The molecule has 1 aliphatic carbocycles. The van der Waals surface area contributed by atoms with Gasteiger partial charge in [0.05, 0.1) is 0 Å². The predicted octanol–water partition coefficient (Wildman–Crippen LogP) is 4.23. The van der Waals surface area contributed by atoms with E-state index >= 15 is 0 Å². The first kappa shape index (κ1) is 23.6. The lowest BCUT2D eigenvalue weighted by Gasteiger charge is -2.30. The molecule has 1 aromatic heterocycles. The number of halogens is 3. The number of nitrogens with zero attached hydrogens (tertiary/aromatic N) is 2. The van der Waals surface area contributed by atoms with Crippen LogP contribution in [0.2, 0.25) is 0 Å². The van der Waals surface area contributed by atoms with Gasteiger partial charge < -0.3 is 19.9 Å². The molecule has 1 heterocycles. The van der Waals surface area contributed by atoms with Crippen molar-refractivity contribution in [2.24, 2.45) is 0 Å². The maximum Gasteiger partial charge on any atom is 0.573 e. The second-order valence-corrected chi connectivity index (χ2v) is 7.81. The molecule has 0 radical (unpaired) electrons. The van der Waals surface area contributed by atoms with E-state index in [2.05, 4.69) is 25.5 Å². The van der Waals surface area contributed by atoms with Gasteiger partial charge in [-0.1, -0.05) is 36.9 Å². The molecule has 0 bridgehead atoms. The average molecular weight is 454 g/mol. The van der Waals surface area contributed by atoms with E-state index in [1.807, 2.05) is 0 Å². The molecular formula is C21H25F3N4O4. The summed E-state index contributed by atoms with van der Waals surface area (Å²) < 4.78 is 46.2. The maximum atomic E-state index is 12.3. The van der Waals surface area contributed by atoms with E-state index in [9.17, 15) is 22.8 Å². The monoisotopic (exact) mass is 454 g/mol. The number of ether oxygens (including phenoxy) is 1. The van der Waals surface area contributed by atoms with E-state index in [4.69, 9.17) is 4.52 Å². The Hall–Kier alpha value is -3.11. The summed E-state index contributed by atoms with van der Waals surface area (Å²) in [5.41, 5.74) is -0.503. The van der Waals surface area contributed by atoms with Crippen molar-refractivity contribution in [3.05, 3.63) is 36.0 Å². The Labute approximate surface area is 182 Å². The van der Waals surface area contributed by atoms with E-state index in [1.54, 1.807) is 0 Å². The van der Waals surface area contributed by atoms with Crippen LogP contribution in [0.4, 0.5) is 18.9 Å². The Bertz CT molecular complexity index is 937. The highest BCUT2D eigenvalue weighted by atomic mass is 19.4. The Morgan fingerprint density at radius 2 is 1.91 bits per heavy atom. The molecule has 0 aliphatic heterocycles. The van der Waals surface area contributed by atoms with Gasteiger partial charge in [0.1, 0.15) is 11.3 Å². The zero-order chi connectivity index (χ0) is 23.2. The molecule has 1 aromatic carbocycles. The Balaban J connectivity index is 1.60. The summed E-state index contributed by atoms with van der Waals surface area (Å²) in [5, 5.41) is 9.56. The number of hydrogen-bond donors (Lipinski definition) is 2. The first-order valence-electron chi connectivity index (χ1n) is 10.4. The van der Waals surface area contributed by atoms with Crippen LogP contribution in [-0.2, 0) is 21.5 Å². The number of rotatable bonds is 7. The summed E-state index contributed by atoms with van der Waals surface area (Å²) in [6.07, 6.45) is 0.748. The van der Waals surface area contributed by atoms with Crippen molar-refractivity contribution < 1.29 is 32.0 Å². The zero-order valence-corrected chi connectivity index (χ0v) is 17.6. The van der Waals surface area contributed by atoms with E-state index in [-0.39, 0.29) is 30.3 Å². The third-order valence-corrected chi connectivity index (χ3v) is 5.19. The lowest BCUT2D eigenvalue weighted by atomic mass is 9.89. The van der Waals surface area contributed by atoms with Crippen LogP contribution in [0.1, 0.15) is 63.6 Å². The van der Waals surface area contributed by atoms with Crippen LogP contribution < -0.4 is 15.4 Å². The molecule has 2 N–H and O–H groups in total. The van der Waals surface area contributed by atoms with Crippen LogP contribution in [0.5, 0.6) is 5.75 Å². The zero-order valence-electron chi connectivity index (χ0n) is 17.6. The molecule has 3 rings (SSSR count). The van der Waals surface area contributed by atoms with Crippen LogP contribution in [0.15, 0.2) is 28.8 Å². The largest absolute Gasteiger partial charge is 0.573 e. The summed E-state index contributed by atoms with van der Waals surface area (Å²) in [6.45, 7) is 1.45. The van der Waals surface area contributed by atoms with Crippen LogP contribution in [0, 0.1) is 0 Å². The lowest BCUT2D eigenvalue weighted by molar-refractivity contribution is -0.274. The number of aryl methyl sites for hydroxylation is 1. The predicted molar refractivity (Wildman–Crippen MR) is 108 cm³/mol. The Kier molecular flexibility index (Phi) is 7.37. The van der Waals surface area contributed by atoms with Gasteiger partial charge in [-0.25, -0.2) is 0 Å². The highest BCUT2D eigenvalue weighted by Crippen LogP contribution is 2.34. The summed E-state index contributed by atoms with van der Waals surface area (Å²) in [4.78, 5) is 28.4. The van der Waals surface area contributed by atoms with E-state index < -0.39 is 23.6 Å². The van der Waals surface area contributed by atoms with E-state index in [0.29, 0.717) is 18.7 Å². The average Bonchev–Trinajstić information content (AvgIpc) is 3.05. The molecule has 0 atom stereocenters. The highest BCUT2D eigenvalue weighted by Gasteiger charge is 2.38. The van der Waals surface area contributed by atoms with Crippen molar-refractivity contribution >= 4 is 17.5 Å². The van der Waals surface area contributed by atoms with Crippen LogP contribution in [-0.4, -0.2) is 28.3 Å². The van der Waals surface area contributed by atoms with Crippen LogP contribution >= 0.6 is 0 Å². The normalized spacial score (nSPS) is 16.1. The maximum absolute atomic E-state index is 12.3. The number of nitrogens with one attached hydrogen (secondary N) is 2. The van der Waals surface area contributed by atoms with Crippen molar-refractivity contribution in [2.75, 3.05) is 5.32 Å². The van der Waals surface area contributed by atoms with Gasteiger partial charge in [0.15, 0.2) is 5.82 Å². The van der Waals surface area contributed by atoms with Crippen molar-refractivity contribution in [1.82, 2.24) is 15.5 Å². The number of carbonyl (C=O) groups is 2. The lowest BCUT2D eigenvalue weighted by Crippen LogP contribution is -2.45. The molecular weight excluding hydrogens is 429 g/mol. The number of anilines is 1. The Morgan fingerprint density at radius 3 is 2.56 bits per heavy atom. The number of hydrogen-bond acceptors (Lipinski definition) is 6. The third-order valence-electron chi connectivity index (χ3n) is 5.19. The molecule has 174 valence electrons. The van der Waals surface area contributed by atoms with Crippen LogP contribution in [0.3, 0.4) is 0 Å². The molecule has 11 heteroatoms. The van der Waals surface area contributed by atoms with Gasteiger partial charge in [-0.05, 0) is 25.0 Å². The van der Waals surface area contributed by atoms with Gasteiger partial charge >= 0.3 is 6.36 Å². The summed E-state index contributed by atoms with van der Waals surface area (Å²) >= 11 is 0. The van der Waals surface area contributed by atoms with Crippen molar-refractivity contribution in [3.8, 4) is 5.75 Å². The van der Waals surface area contributed by atoms with Gasteiger partial charge in [0.25, 0.3) is 0 Å². The fourth-order valence-electron chi connectivity index (χ4n) is 3.84. The third kappa shape index (κ3) is 6.69. The van der Waals surface area contributed by atoms with Gasteiger partial charge in [-0.3, -0.25) is 9.59 Å². The van der Waals surface area contributed by atoms with Gasteiger partial charge in [-0.2, -0.15) is 4.98 Å². The van der Waals surface area contributed by atoms with Crippen molar-refractivity contribution in [2.45, 2.75) is 70.2 Å². The summed E-state index contributed by atoms with van der Waals surface area (Å²) in [5.74, 6) is -0.377.